The summed E-state index contributed by atoms with van der Waals surface area (Å²) in [5, 5.41) is 0. The van der Waals surface area contributed by atoms with Crippen molar-refractivity contribution in [2.75, 3.05) is 0 Å². The normalized spacial score (nSPS) is 20.7. The lowest BCUT2D eigenvalue weighted by molar-refractivity contribution is -0.152. The molecule has 0 spiro atoms. The van der Waals surface area contributed by atoms with Crippen molar-refractivity contribution in [3.8, 4) is 0 Å². The van der Waals surface area contributed by atoms with Gasteiger partial charge in [-0.1, -0.05) is 44.8 Å². The Morgan fingerprint density at radius 2 is 2.00 bits per heavy atom. The van der Waals surface area contributed by atoms with Crippen molar-refractivity contribution in [3.05, 3.63) is 12.2 Å². The topological polar surface area (TPSA) is 43.4 Å². The molecule has 1 atom stereocenters. The minimum absolute atomic E-state index is 0.213. The third-order valence-corrected chi connectivity index (χ3v) is 2.75. The SMILES string of the molecule is CCCCCCC/C=C/[C@H]1CC(=O)OC1=O. The number of rotatable bonds is 7. The number of allylic oxidation sites excluding steroid dienone is 1. The Balaban J connectivity index is 2.08. The molecule has 1 heterocycles. The molecule has 16 heavy (non-hydrogen) atoms. The van der Waals surface area contributed by atoms with E-state index in [1.54, 1.807) is 0 Å². The molecular weight excluding hydrogens is 204 g/mol. The molecule has 1 aliphatic rings. The predicted molar refractivity (Wildman–Crippen MR) is 61.7 cm³/mol. The summed E-state index contributed by atoms with van der Waals surface area (Å²) in [5.41, 5.74) is 0. The van der Waals surface area contributed by atoms with Crippen molar-refractivity contribution < 1.29 is 14.3 Å². The maximum Gasteiger partial charge on any atom is 0.321 e. The van der Waals surface area contributed by atoms with Gasteiger partial charge < -0.3 is 4.74 Å². The second kappa shape index (κ2) is 7.20. The highest BCUT2D eigenvalue weighted by molar-refractivity contribution is 5.95. The highest BCUT2D eigenvalue weighted by Crippen LogP contribution is 2.17. The van der Waals surface area contributed by atoms with Gasteiger partial charge in [-0.25, -0.2) is 0 Å². The van der Waals surface area contributed by atoms with Crippen LogP contribution in [-0.4, -0.2) is 11.9 Å². The molecule has 0 amide bonds. The van der Waals surface area contributed by atoms with E-state index in [1.165, 1.54) is 25.7 Å². The number of carbonyl (C=O) groups is 2. The van der Waals surface area contributed by atoms with Crippen molar-refractivity contribution in [3.63, 3.8) is 0 Å². The average molecular weight is 224 g/mol. The van der Waals surface area contributed by atoms with Crippen molar-refractivity contribution >= 4 is 11.9 Å². The molecule has 1 fully saturated rings. The lowest BCUT2D eigenvalue weighted by Crippen LogP contribution is -2.03. The average Bonchev–Trinajstić information content (AvgIpc) is 2.56. The van der Waals surface area contributed by atoms with Crippen LogP contribution in [0.15, 0.2) is 12.2 Å². The summed E-state index contributed by atoms with van der Waals surface area (Å²) >= 11 is 0. The van der Waals surface area contributed by atoms with Gasteiger partial charge in [0.1, 0.15) is 0 Å². The molecule has 0 bridgehead atoms. The molecule has 1 saturated heterocycles. The van der Waals surface area contributed by atoms with Crippen molar-refractivity contribution in [1.29, 1.82) is 0 Å². The second-order valence-corrected chi connectivity index (χ2v) is 4.23. The van der Waals surface area contributed by atoms with Crippen LogP contribution in [0.5, 0.6) is 0 Å². The van der Waals surface area contributed by atoms with Crippen LogP contribution in [0, 0.1) is 5.92 Å². The maximum absolute atomic E-state index is 11.1. The standard InChI is InChI=1S/C13H20O3/c1-2-3-4-5-6-7-8-9-11-10-12(14)16-13(11)15/h8-9,11H,2-7,10H2,1H3/b9-8+/t11-/m0/s1. The van der Waals surface area contributed by atoms with Gasteiger partial charge >= 0.3 is 11.9 Å². The zero-order valence-electron chi connectivity index (χ0n) is 9.91. The van der Waals surface area contributed by atoms with Crippen molar-refractivity contribution in [2.45, 2.75) is 51.9 Å². The molecule has 0 aromatic heterocycles. The first kappa shape index (κ1) is 12.9. The maximum atomic E-state index is 11.1. The summed E-state index contributed by atoms with van der Waals surface area (Å²) in [6, 6.07) is 0. The number of ether oxygens (including phenoxy) is 1. The molecule has 90 valence electrons. The fourth-order valence-electron chi connectivity index (χ4n) is 1.77. The molecule has 0 radical (unpaired) electrons. The number of hydrogen-bond acceptors (Lipinski definition) is 3. The van der Waals surface area contributed by atoms with E-state index in [0.717, 1.165) is 12.8 Å². The summed E-state index contributed by atoms with van der Waals surface area (Å²) in [6.45, 7) is 2.20. The fourth-order valence-corrected chi connectivity index (χ4v) is 1.77. The largest absolute Gasteiger partial charge is 0.393 e. The van der Waals surface area contributed by atoms with Crippen LogP contribution >= 0.6 is 0 Å². The number of carbonyl (C=O) groups excluding carboxylic acids is 2. The first-order valence-corrected chi connectivity index (χ1v) is 6.15. The monoisotopic (exact) mass is 224 g/mol. The Morgan fingerprint density at radius 1 is 1.25 bits per heavy atom. The molecule has 3 heteroatoms. The number of cyclic esters (lactones) is 2. The zero-order chi connectivity index (χ0) is 11.8. The van der Waals surface area contributed by atoms with E-state index in [4.69, 9.17) is 0 Å². The molecule has 0 aromatic rings. The Bertz CT molecular complexity index is 268. The Kier molecular flexibility index (Phi) is 5.83. The second-order valence-electron chi connectivity index (χ2n) is 4.23. The number of esters is 2. The highest BCUT2D eigenvalue weighted by atomic mass is 16.6. The molecular formula is C13H20O3. The summed E-state index contributed by atoms with van der Waals surface area (Å²) in [5.74, 6) is -1.13. The number of unbranched alkanes of at least 4 members (excludes halogenated alkanes) is 5. The first-order valence-electron chi connectivity index (χ1n) is 6.15. The summed E-state index contributed by atoms with van der Waals surface area (Å²) in [7, 11) is 0. The first-order chi connectivity index (χ1) is 7.74. The molecule has 0 saturated carbocycles. The highest BCUT2D eigenvalue weighted by Gasteiger charge is 2.30. The molecule has 0 aromatic carbocycles. The van der Waals surface area contributed by atoms with E-state index < -0.39 is 11.9 Å². The van der Waals surface area contributed by atoms with Crippen LogP contribution in [0.2, 0.25) is 0 Å². The molecule has 1 rings (SSSR count). The van der Waals surface area contributed by atoms with Crippen LogP contribution < -0.4 is 0 Å². The van der Waals surface area contributed by atoms with Gasteiger partial charge in [0, 0.05) is 0 Å². The zero-order valence-corrected chi connectivity index (χ0v) is 9.91. The van der Waals surface area contributed by atoms with Gasteiger partial charge in [-0.05, 0) is 12.8 Å². The number of hydrogen-bond donors (Lipinski definition) is 0. The van der Waals surface area contributed by atoms with Crippen LogP contribution in [0.1, 0.15) is 51.9 Å². The van der Waals surface area contributed by atoms with Gasteiger partial charge in [0.2, 0.25) is 0 Å². The molecule has 0 unspecified atom stereocenters. The minimum atomic E-state index is -0.400. The van der Waals surface area contributed by atoms with Crippen LogP contribution in [-0.2, 0) is 14.3 Å². The summed E-state index contributed by atoms with van der Waals surface area (Å²) in [6.07, 6.45) is 11.3. The van der Waals surface area contributed by atoms with Crippen molar-refractivity contribution in [1.82, 2.24) is 0 Å². The van der Waals surface area contributed by atoms with Gasteiger partial charge in [-0.15, -0.1) is 0 Å². The predicted octanol–water partition coefficient (Wildman–Crippen LogP) is 2.99. The Morgan fingerprint density at radius 3 is 2.62 bits per heavy atom. The van der Waals surface area contributed by atoms with Crippen LogP contribution in [0.4, 0.5) is 0 Å². The lowest BCUT2D eigenvalue weighted by atomic mass is 10.1. The van der Waals surface area contributed by atoms with Gasteiger partial charge in [0.05, 0.1) is 12.3 Å². The summed E-state index contributed by atoms with van der Waals surface area (Å²) in [4.78, 5) is 21.9. The summed E-state index contributed by atoms with van der Waals surface area (Å²) < 4.78 is 4.45. The lowest BCUT2D eigenvalue weighted by Gasteiger charge is -1.97. The van der Waals surface area contributed by atoms with E-state index in [-0.39, 0.29) is 12.3 Å². The quantitative estimate of drug-likeness (QED) is 0.289. The van der Waals surface area contributed by atoms with Gasteiger partial charge in [0.15, 0.2) is 0 Å². The third-order valence-electron chi connectivity index (χ3n) is 2.75. The van der Waals surface area contributed by atoms with Gasteiger partial charge in [0.25, 0.3) is 0 Å². The van der Waals surface area contributed by atoms with E-state index in [1.807, 2.05) is 12.2 Å². The van der Waals surface area contributed by atoms with E-state index >= 15 is 0 Å². The van der Waals surface area contributed by atoms with Gasteiger partial charge in [-0.3, -0.25) is 9.59 Å². The van der Waals surface area contributed by atoms with E-state index in [0.29, 0.717) is 0 Å². The van der Waals surface area contributed by atoms with E-state index in [9.17, 15) is 9.59 Å². The molecule has 0 aliphatic carbocycles. The molecule has 3 nitrogen and oxygen atoms in total. The molecule has 1 aliphatic heterocycles. The van der Waals surface area contributed by atoms with Crippen molar-refractivity contribution in [2.24, 2.45) is 5.92 Å². The Hall–Kier alpha value is -1.12. The minimum Gasteiger partial charge on any atom is -0.393 e. The smallest absolute Gasteiger partial charge is 0.321 e. The molecule has 0 N–H and O–H groups in total. The third kappa shape index (κ3) is 4.60. The fraction of sp³-hybridized carbons (Fsp3) is 0.692. The van der Waals surface area contributed by atoms with E-state index in [2.05, 4.69) is 11.7 Å². The van der Waals surface area contributed by atoms with Gasteiger partial charge in [-0.2, -0.15) is 0 Å². The Labute approximate surface area is 96.9 Å². The van der Waals surface area contributed by atoms with Crippen LogP contribution in [0.25, 0.3) is 0 Å². The van der Waals surface area contributed by atoms with Crippen LogP contribution in [0.3, 0.4) is 0 Å².